The van der Waals surface area contributed by atoms with Gasteiger partial charge in [-0.15, -0.1) is 0 Å². The number of aromatic nitrogens is 2. The van der Waals surface area contributed by atoms with Gasteiger partial charge in [0.25, 0.3) is 5.56 Å². The average molecular weight is 451 g/mol. The lowest BCUT2D eigenvalue weighted by Crippen LogP contribution is -2.45. The van der Waals surface area contributed by atoms with Gasteiger partial charge in [-0.2, -0.15) is 5.26 Å². The lowest BCUT2D eigenvalue weighted by molar-refractivity contribution is -0.00521. The van der Waals surface area contributed by atoms with Gasteiger partial charge in [0.2, 0.25) is 0 Å². The molecule has 1 fully saturated rings. The molecule has 0 radical (unpaired) electrons. The van der Waals surface area contributed by atoms with Crippen molar-refractivity contribution < 1.29 is 4.74 Å². The molecule has 0 N–H and O–H groups in total. The lowest BCUT2D eigenvalue weighted by Gasteiger charge is -2.36. The van der Waals surface area contributed by atoms with Crippen molar-refractivity contribution in [3.63, 3.8) is 0 Å². The Morgan fingerprint density at radius 1 is 1.00 bits per heavy atom. The lowest BCUT2D eigenvalue weighted by atomic mass is 9.97. The first kappa shape index (κ1) is 21.9. The molecule has 170 valence electrons. The van der Waals surface area contributed by atoms with Gasteiger partial charge in [-0.25, -0.2) is 4.98 Å². The molecular formula is C28H26N4O2. The smallest absolute Gasteiger partial charge is 0.262 e. The van der Waals surface area contributed by atoms with Gasteiger partial charge in [-0.05, 0) is 79.7 Å². The monoisotopic (exact) mass is 450 g/mol. The van der Waals surface area contributed by atoms with Crippen molar-refractivity contribution in [2.75, 3.05) is 18.0 Å². The van der Waals surface area contributed by atoms with Gasteiger partial charge in [0.15, 0.2) is 0 Å². The summed E-state index contributed by atoms with van der Waals surface area (Å²) < 4.78 is 7.56. The highest BCUT2D eigenvalue weighted by Crippen LogP contribution is 2.30. The van der Waals surface area contributed by atoms with E-state index >= 15 is 0 Å². The van der Waals surface area contributed by atoms with E-state index in [1.165, 1.54) is 0 Å². The van der Waals surface area contributed by atoms with E-state index in [4.69, 9.17) is 10.00 Å². The van der Waals surface area contributed by atoms with Crippen molar-refractivity contribution in [1.29, 1.82) is 5.26 Å². The van der Waals surface area contributed by atoms with Crippen LogP contribution in [0.2, 0.25) is 0 Å². The summed E-state index contributed by atoms with van der Waals surface area (Å²) in [6, 6.07) is 19.5. The molecule has 1 aliphatic rings. The molecule has 6 heteroatoms. The quantitative estimate of drug-likeness (QED) is 0.446. The first-order valence-electron chi connectivity index (χ1n) is 11.5. The van der Waals surface area contributed by atoms with E-state index < -0.39 is 0 Å². The number of ether oxygens (including phenoxy) is 1. The first-order chi connectivity index (χ1) is 16.4. The van der Waals surface area contributed by atoms with Crippen LogP contribution in [0.5, 0.6) is 0 Å². The van der Waals surface area contributed by atoms with Gasteiger partial charge in [-0.3, -0.25) is 9.36 Å². The maximum absolute atomic E-state index is 13.5. The van der Waals surface area contributed by atoms with Crippen molar-refractivity contribution in [2.24, 2.45) is 0 Å². The van der Waals surface area contributed by atoms with E-state index in [9.17, 15) is 4.79 Å². The summed E-state index contributed by atoms with van der Waals surface area (Å²) in [4.78, 5) is 20.0. The number of hydrogen-bond donors (Lipinski definition) is 0. The molecule has 34 heavy (non-hydrogen) atoms. The van der Waals surface area contributed by atoms with E-state index in [1.54, 1.807) is 16.8 Å². The van der Waals surface area contributed by atoms with Crippen molar-refractivity contribution in [3.8, 4) is 22.9 Å². The number of fused-ring (bicyclic) bond motifs is 1. The minimum absolute atomic E-state index is 0.0644. The maximum atomic E-state index is 13.5. The fourth-order valence-electron chi connectivity index (χ4n) is 4.87. The summed E-state index contributed by atoms with van der Waals surface area (Å²) in [6.45, 7) is 7.91. The highest BCUT2D eigenvalue weighted by atomic mass is 16.5. The molecule has 4 aromatic rings. The highest BCUT2D eigenvalue weighted by Gasteiger charge is 2.22. The molecule has 0 bridgehead atoms. The number of pyridine rings is 2. The van der Waals surface area contributed by atoms with Crippen molar-refractivity contribution in [1.82, 2.24) is 9.55 Å². The Hall–Kier alpha value is -3.95. The summed E-state index contributed by atoms with van der Waals surface area (Å²) >= 11 is 0. The molecule has 2 atom stereocenters. The van der Waals surface area contributed by atoms with Crippen LogP contribution in [0.15, 0.2) is 71.8 Å². The van der Waals surface area contributed by atoms with Crippen LogP contribution < -0.4 is 10.5 Å². The van der Waals surface area contributed by atoms with Gasteiger partial charge >= 0.3 is 0 Å². The number of aryl methyl sites for hydroxylation is 1. The minimum atomic E-state index is -0.0644. The summed E-state index contributed by atoms with van der Waals surface area (Å²) in [5, 5.41) is 10.6. The van der Waals surface area contributed by atoms with Crippen LogP contribution >= 0.6 is 0 Å². The number of hydrogen-bond acceptors (Lipinski definition) is 5. The van der Waals surface area contributed by atoms with Crippen LogP contribution in [0.1, 0.15) is 25.1 Å². The molecule has 2 unspecified atom stereocenters. The van der Waals surface area contributed by atoms with Crippen LogP contribution in [0.4, 0.5) is 5.69 Å². The Morgan fingerprint density at radius 2 is 1.71 bits per heavy atom. The van der Waals surface area contributed by atoms with E-state index in [0.29, 0.717) is 11.1 Å². The second-order valence-corrected chi connectivity index (χ2v) is 8.94. The Kier molecular flexibility index (Phi) is 5.64. The van der Waals surface area contributed by atoms with Crippen LogP contribution in [0, 0.1) is 18.3 Å². The molecule has 3 heterocycles. The number of benzene rings is 2. The SMILES string of the molecule is Cc1cn(-c2ccc(N3CC(C)OC(C)C3)cc2)c(=O)c2cccc(-c3ccc(C#N)nc3)c12. The number of morpholine rings is 1. The average Bonchev–Trinajstić information content (AvgIpc) is 2.85. The Balaban J connectivity index is 1.55. The number of anilines is 1. The minimum Gasteiger partial charge on any atom is -0.372 e. The fraction of sp³-hybridized carbons (Fsp3) is 0.250. The van der Waals surface area contributed by atoms with Crippen molar-refractivity contribution in [3.05, 3.63) is 88.6 Å². The van der Waals surface area contributed by atoms with Gasteiger partial charge in [0.05, 0.1) is 12.2 Å². The molecule has 5 rings (SSSR count). The molecule has 2 aromatic carbocycles. The summed E-state index contributed by atoms with van der Waals surface area (Å²) in [5.74, 6) is 0. The predicted molar refractivity (Wildman–Crippen MR) is 134 cm³/mol. The van der Waals surface area contributed by atoms with Crippen molar-refractivity contribution in [2.45, 2.75) is 33.0 Å². The molecule has 2 aromatic heterocycles. The van der Waals surface area contributed by atoms with Crippen LogP contribution in [0.3, 0.4) is 0 Å². The Bertz CT molecular complexity index is 1440. The van der Waals surface area contributed by atoms with Gasteiger partial charge in [0, 0.05) is 47.8 Å². The summed E-state index contributed by atoms with van der Waals surface area (Å²) in [5.41, 5.74) is 5.07. The van der Waals surface area contributed by atoms with Gasteiger partial charge in [0.1, 0.15) is 11.8 Å². The molecule has 0 amide bonds. The Labute approximate surface area is 198 Å². The molecule has 6 nitrogen and oxygen atoms in total. The molecule has 1 saturated heterocycles. The van der Waals surface area contributed by atoms with Gasteiger partial charge < -0.3 is 9.64 Å². The molecular weight excluding hydrogens is 424 g/mol. The standard InChI is InChI=1S/C28H26N4O2/c1-18-15-32(24-11-9-23(10-12-24)31-16-19(2)34-20(3)17-31)28(33)26-6-4-5-25(27(18)26)21-7-8-22(13-29)30-14-21/h4-12,14-15,19-20H,16-17H2,1-3H3. The molecule has 0 aliphatic carbocycles. The first-order valence-corrected chi connectivity index (χ1v) is 11.5. The van der Waals surface area contributed by atoms with Crippen LogP contribution in [-0.4, -0.2) is 34.8 Å². The number of nitrogens with zero attached hydrogens (tertiary/aromatic N) is 4. The topological polar surface area (TPSA) is 71.2 Å². The van der Waals surface area contributed by atoms with Gasteiger partial charge in [-0.1, -0.05) is 12.1 Å². The van der Waals surface area contributed by atoms with Crippen molar-refractivity contribution >= 4 is 16.5 Å². The normalized spacial score (nSPS) is 18.1. The molecule has 0 saturated carbocycles. The van der Waals surface area contributed by atoms with Crippen LogP contribution in [-0.2, 0) is 4.74 Å². The predicted octanol–water partition coefficient (Wildman–Crippen LogP) is 4.85. The fourth-order valence-corrected chi connectivity index (χ4v) is 4.87. The number of rotatable bonds is 3. The van der Waals surface area contributed by atoms with E-state index in [-0.39, 0.29) is 17.8 Å². The molecule has 1 aliphatic heterocycles. The third-order valence-corrected chi connectivity index (χ3v) is 6.33. The maximum Gasteiger partial charge on any atom is 0.262 e. The summed E-state index contributed by atoms with van der Waals surface area (Å²) in [6.07, 6.45) is 3.97. The summed E-state index contributed by atoms with van der Waals surface area (Å²) in [7, 11) is 0. The van der Waals surface area contributed by atoms with E-state index in [0.717, 1.165) is 46.5 Å². The number of nitriles is 1. The third-order valence-electron chi connectivity index (χ3n) is 6.33. The highest BCUT2D eigenvalue weighted by molar-refractivity contribution is 5.98. The second-order valence-electron chi connectivity index (χ2n) is 8.94. The zero-order chi connectivity index (χ0) is 23.8. The zero-order valence-electron chi connectivity index (χ0n) is 19.5. The van der Waals surface area contributed by atoms with E-state index in [2.05, 4.69) is 35.9 Å². The second kappa shape index (κ2) is 8.77. The zero-order valence-corrected chi connectivity index (χ0v) is 19.5. The third kappa shape index (κ3) is 3.95. The van der Waals surface area contributed by atoms with E-state index in [1.807, 2.05) is 55.6 Å². The van der Waals surface area contributed by atoms with Crippen LogP contribution in [0.25, 0.3) is 27.6 Å². The largest absolute Gasteiger partial charge is 0.372 e. The molecule has 0 spiro atoms. The Morgan fingerprint density at radius 3 is 2.35 bits per heavy atom.